The van der Waals surface area contributed by atoms with E-state index in [0.717, 1.165) is 24.3 Å². The molecule has 21 heavy (non-hydrogen) atoms. The molecule has 122 valence electrons. The molecule has 1 saturated carbocycles. The van der Waals surface area contributed by atoms with E-state index in [1.807, 2.05) is 13.8 Å². The van der Waals surface area contributed by atoms with Gasteiger partial charge >= 0.3 is 0 Å². The fraction of sp³-hybridized carbons (Fsp3) is 0.875. The van der Waals surface area contributed by atoms with Crippen LogP contribution in [0.4, 0.5) is 0 Å². The van der Waals surface area contributed by atoms with E-state index in [9.17, 15) is 4.79 Å². The normalized spacial score (nSPS) is 23.0. The molecular weight excluding hydrogens is 264 g/mol. The third-order valence-corrected chi connectivity index (χ3v) is 4.15. The van der Waals surface area contributed by atoms with Gasteiger partial charge in [0.05, 0.1) is 0 Å². The zero-order chi connectivity index (χ0) is 15.7. The molecule has 1 amide bonds. The molecule has 5 heteroatoms. The second-order valence-corrected chi connectivity index (χ2v) is 6.15. The summed E-state index contributed by atoms with van der Waals surface area (Å²) < 4.78 is 0. The number of aliphatic imine (C=N–C) groups is 1. The smallest absolute Gasteiger partial charge is 0.241 e. The summed E-state index contributed by atoms with van der Waals surface area (Å²) in [5, 5.41) is 9.46. The molecule has 0 heterocycles. The quantitative estimate of drug-likeness (QED) is 0.518. The third kappa shape index (κ3) is 6.82. The number of hydrogen-bond donors (Lipinski definition) is 3. The highest BCUT2D eigenvalue weighted by atomic mass is 16.1. The molecule has 0 aromatic carbocycles. The van der Waals surface area contributed by atoms with Crippen molar-refractivity contribution in [3.63, 3.8) is 0 Å². The average molecular weight is 296 g/mol. The van der Waals surface area contributed by atoms with Crippen LogP contribution in [0.2, 0.25) is 0 Å². The van der Waals surface area contributed by atoms with Gasteiger partial charge in [0, 0.05) is 19.1 Å². The number of rotatable bonds is 6. The van der Waals surface area contributed by atoms with E-state index in [-0.39, 0.29) is 12.5 Å². The first-order chi connectivity index (χ1) is 10.1. The fourth-order valence-corrected chi connectivity index (χ4v) is 2.85. The molecule has 0 bridgehead atoms. The van der Waals surface area contributed by atoms with Gasteiger partial charge in [-0.3, -0.25) is 4.79 Å². The number of hydrogen-bond acceptors (Lipinski definition) is 2. The lowest BCUT2D eigenvalue weighted by Crippen LogP contribution is -2.45. The van der Waals surface area contributed by atoms with Crippen molar-refractivity contribution in [2.45, 2.75) is 59.4 Å². The van der Waals surface area contributed by atoms with Crippen molar-refractivity contribution in [1.29, 1.82) is 0 Å². The van der Waals surface area contributed by atoms with Crippen molar-refractivity contribution >= 4 is 11.9 Å². The van der Waals surface area contributed by atoms with Crippen LogP contribution in [0, 0.1) is 11.8 Å². The first kappa shape index (κ1) is 17.8. The molecule has 0 unspecified atom stereocenters. The van der Waals surface area contributed by atoms with Gasteiger partial charge in [-0.2, -0.15) is 0 Å². The highest BCUT2D eigenvalue weighted by molar-refractivity contribution is 5.85. The molecule has 0 saturated heterocycles. The monoisotopic (exact) mass is 296 g/mol. The first-order valence-electron chi connectivity index (χ1n) is 8.38. The summed E-state index contributed by atoms with van der Waals surface area (Å²) in [5.41, 5.74) is 0. The van der Waals surface area contributed by atoms with Crippen molar-refractivity contribution in [1.82, 2.24) is 16.0 Å². The van der Waals surface area contributed by atoms with Crippen LogP contribution in [0.3, 0.4) is 0 Å². The summed E-state index contributed by atoms with van der Waals surface area (Å²) in [6, 6.07) is 0.479. The standard InChI is InChI=1S/C16H32N4O/c1-5-17-15(21)11-19-16(18-6-2)20-14-9-7-13(8-10-14)12(3)4/h12-14H,5-11H2,1-4H3,(H,17,21)(H2,18,19,20). The van der Waals surface area contributed by atoms with Crippen LogP contribution >= 0.6 is 0 Å². The largest absolute Gasteiger partial charge is 0.357 e. The van der Waals surface area contributed by atoms with Crippen LogP contribution in [0.5, 0.6) is 0 Å². The molecule has 1 aliphatic rings. The van der Waals surface area contributed by atoms with Gasteiger partial charge < -0.3 is 16.0 Å². The molecule has 0 radical (unpaired) electrons. The molecule has 0 spiro atoms. The Kier molecular flexibility index (Phi) is 8.16. The molecule has 0 aliphatic heterocycles. The van der Waals surface area contributed by atoms with Gasteiger partial charge in [0.15, 0.2) is 5.96 Å². The third-order valence-electron chi connectivity index (χ3n) is 4.15. The molecule has 1 aliphatic carbocycles. The number of nitrogens with one attached hydrogen (secondary N) is 3. The minimum atomic E-state index is -0.0294. The summed E-state index contributed by atoms with van der Waals surface area (Å²) >= 11 is 0. The van der Waals surface area contributed by atoms with Crippen molar-refractivity contribution in [2.24, 2.45) is 16.8 Å². The fourth-order valence-electron chi connectivity index (χ4n) is 2.85. The van der Waals surface area contributed by atoms with Gasteiger partial charge in [-0.15, -0.1) is 0 Å². The van der Waals surface area contributed by atoms with E-state index in [0.29, 0.717) is 12.6 Å². The summed E-state index contributed by atoms with van der Waals surface area (Å²) in [6.07, 6.45) is 4.94. The molecule has 5 nitrogen and oxygen atoms in total. The SMILES string of the molecule is CCNC(=O)CN=C(NCC)NC1CCC(C(C)C)CC1. The Morgan fingerprint density at radius 2 is 1.71 bits per heavy atom. The predicted molar refractivity (Wildman–Crippen MR) is 88.4 cm³/mol. The van der Waals surface area contributed by atoms with Gasteiger partial charge in [-0.05, 0) is 51.4 Å². The lowest BCUT2D eigenvalue weighted by Gasteiger charge is -2.32. The van der Waals surface area contributed by atoms with E-state index >= 15 is 0 Å². The van der Waals surface area contributed by atoms with E-state index in [2.05, 4.69) is 34.8 Å². The van der Waals surface area contributed by atoms with Crippen LogP contribution in [-0.2, 0) is 4.79 Å². The summed E-state index contributed by atoms with van der Waals surface area (Å²) in [6.45, 7) is 10.2. The summed E-state index contributed by atoms with van der Waals surface area (Å²) in [7, 11) is 0. The maximum absolute atomic E-state index is 11.5. The highest BCUT2D eigenvalue weighted by Crippen LogP contribution is 2.29. The number of likely N-dealkylation sites (N-methyl/N-ethyl adjacent to an activating group) is 1. The predicted octanol–water partition coefficient (Wildman–Crippen LogP) is 1.89. The lowest BCUT2D eigenvalue weighted by atomic mass is 9.80. The minimum absolute atomic E-state index is 0.0294. The number of nitrogens with zero attached hydrogens (tertiary/aromatic N) is 1. The van der Waals surface area contributed by atoms with E-state index < -0.39 is 0 Å². The first-order valence-corrected chi connectivity index (χ1v) is 8.38. The molecule has 3 N–H and O–H groups in total. The number of amides is 1. The lowest BCUT2D eigenvalue weighted by molar-refractivity contribution is -0.119. The topological polar surface area (TPSA) is 65.5 Å². The van der Waals surface area contributed by atoms with E-state index in [4.69, 9.17) is 0 Å². The summed E-state index contributed by atoms with van der Waals surface area (Å²) in [5.74, 6) is 2.37. The molecular formula is C16H32N4O. The van der Waals surface area contributed by atoms with E-state index in [1.54, 1.807) is 0 Å². The second-order valence-electron chi connectivity index (χ2n) is 6.15. The molecule has 0 aromatic heterocycles. The average Bonchev–Trinajstić information content (AvgIpc) is 2.46. The Morgan fingerprint density at radius 3 is 2.24 bits per heavy atom. The van der Waals surface area contributed by atoms with Crippen LogP contribution in [-0.4, -0.2) is 37.5 Å². The zero-order valence-electron chi connectivity index (χ0n) is 14.0. The molecule has 0 aromatic rings. The maximum Gasteiger partial charge on any atom is 0.241 e. The Balaban J connectivity index is 2.44. The van der Waals surface area contributed by atoms with Crippen molar-refractivity contribution in [3.05, 3.63) is 0 Å². The van der Waals surface area contributed by atoms with Crippen LogP contribution in [0.1, 0.15) is 53.4 Å². The number of carbonyl (C=O) groups excluding carboxylic acids is 1. The Hall–Kier alpha value is -1.26. The van der Waals surface area contributed by atoms with Gasteiger partial charge in [-0.25, -0.2) is 4.99 Å². The van der Waals surface area contributed by atoms with Crippen LogP contribution in [0.25, 0.3) is 0 Å². The van der Waals surface area contributed by atoms with Crippen LogP contribution in [0.15, 0.2) is 4.99 Å². The van der Waals surface area contributed by atoms with Gasteiger partial charge in [0.2, 0.25) is 5.91 Å². The van der Waals surface area contributed by atoms with Crippen LogP contribution < -0.4 is 16.0 Å². The Bertz CT molecular complexity index is 333. The maximum atomic E-state index is 11.5. The highest BCUT2D eigenvalue weighted by Gasteiger charge is 2.23. The molecule has 0 atom stereocenters. The van der Waals surface area contributed by atoms with Gasteiger partial charge in [0.25, 0.3) is 0 Å². The second kappa shape index (κ2) is 9.64. The van der Waals surface area contributed by atoms with Crippen molar-refractivity contribution in [2.75, 3.05) is 19.6 Å². The minimum Gasteiger partial charge on any atom is -0.357 e. The number of carbonyl (C=O) groups is 1. The summed E-state index contributed by atoms with van der Waals surface area (Å²) in [4.78, 5) is 15.9. The number of guanidine groups is 1. The van der Waals surface area contributed by atoms with Crippen molar-refractivity contribution in [3.8, 4) is 0 Å². The van der Waals surface area contributed by atoms with E-state index in [1.165, 1.54) is 25.7 Å². The molecule has 1 rings (SSSR count). The van der Waals surface area contributed by atoms with Gasteiger partial charge in [0.1, 0.15) is 6.54 Å². The van der Waals surface area contributed by atoms with Crippen molar-refractivity contribution < 1.29 is 4.79 Å². The zero-order valence-corrected chi connectivity index (χ0v) is 14.0. The Labute approximate surface area is 129 Å². The molecule has 1 fully saturated rings. The van der Waals surface area contributed by atoms with Gasteiger partial charge in [-0.1, -0.05) is 13.8 Å². The Morgan fingerprint density at radius 1 is 1.10 bits per heavy atom.